The number of hydrogen-bond acceptors (Lipinski definition) is 5. The Morgan fingerprint density at radius 2 is 2.05 bits per heavy atom. The highest BCUT2D eigenvalue weighted by molar-refractivity contribution is 6.10. The molecule has 0 spiro atoms. The number of esters is 1. The van der Waals surface area contributed by atoms with Gasteiger partial charge in [-0.1, -0.05) is 0 Å². The maximum absolute atomic E-state index is 12.4. The molecule has 20 heavy (non-hydrogen) atoms. The van der Waals surface area contributed by atoms with Crippen LogP contribution < -0.4 is 10.6 Å². The molecule has 0 saturated carbocycles. The smallest absolute Gasteiger partial charge is 0.340 e. The van der Waals surface area contributed by atoms with Gasteiger partial charge in [0, 0.05) is 25.5 Å². The second-order valence-electron chi connectivity index (χ2n) is 5.08. The monoisotopic (exact) mass is 278 g/mol. The first-order chi connectivity index (χ1) is 9.36. The molecule has 0 saturated heterocycles. The van der Waals surface area contributed by atoms with Crippen molar-refractivity contribution in [2.24, 2.45) is 0 Å². The number of nitrogen functional groups attached to an aromatic ring is 1. The third-order valence-electron chi connectivity index (χ3n) is 3.74. The number of ether oxygens (including phenoxy) is 2. The van der Waals surface area contributed by atoms with Crippen molar-refractivity contribution in [3.05, 3.63) is 23.3 Å². The molecule has 1 heterocycles. The van der Waals surface area contributed by atoms with Crippen LogP contribution in [0.25, 0.3) is 0 Å². The predicted octanol–water partition coefficient (Wildman–Crippen LogP) is 0.936. The molecular formula is C14H18N2O4. The molecule has 2 N–H and O–H groups in total. The van der Waals surface area contributed by atoms with Crippen molar-refractivity contribution >= 4 is 23.3 Å². The fourth-order valence-corrected chi connectivity index (χ4v) is 2.63. The van der Waals surface area contributed by atoms with Gasteiger partial charge in [0.25, 0.3) is 0 Å². The van der Waals surface area contributed by atoms with Gasteiger partial charge < -0.3 is 20.1 Å². The maximum Gasteiger partial charge on any atom is 0.340 e. The summed E-state index contributed by atoms with van der Waals surface area (Å²) in [7, 11) is 4.50. The first kappa shape index (κ1) is 14.3. The molecule has 1 unspecified atom stereocenters. The summed E-state index contributed by atoms with van der Waals surface area (Å²) in [6.07, 6.45) is 0. The van der Waals surface area contributed by atoms with E-state index in [4.69, 9.17) is 15.2 Å². The number of benzene rings is 1. The van der Waals surface area contributed by atoms with Gasteiger partial charge in [0.2, 0.25) is 5.91 Å². The molecule has 0 bridgehead atoms. The van der Waals surface area contributed by atoms with Crippen LogP contribution in [-0.2, 0) is 19.7 Å². The summed E-state index contributed by atoms with van der Waals surface area (Å²) in [4.78, 5) is 25.6. The Bertz CT molecular complexity index is 585. The topological polar surface area (TPSA) is 81.9 Å². The van der Waals surface area contributed by atoms with Crippen molar-refractivity contribution in [3.8, 4) is 0 Å². The number of carbonyl (C=O) groups excluding carboxylic acids is 2. The van der Waals surface area contributed by atoms with E-state index in [-0.39, 0.29) is 18.1 Å². The van der Waals surface area contributed by atoms with Gasteiger partial charge in [0.1, 0.15) is 0 Å². The Morgan fingerprint density at radius 3 is 2.60 bits per heavy atom. The third-order valence-corrected chi connectivity index (χ3v) is 3.74. The molecule has 0 radical (unpaired) electrons. The summed E-state index contributed by atoms with van der Waals surface area (Å²) in [5.74, 6) is -0.609. The van der Waals surface area contributed by atoms with E-state index in [1.54, 1.807) is 33.2 Å². The van der Waals surface area contributed by atoms with Crippen molar-refractivity contribution < 1.29 is 19.1 Å². The second kappa shape index (κ2) is 4.79. The van der Waals surface area contributed by atoms with Gasteiger partial charge in [0.05, 0.1) is 24.7 Å². The number of likely N-dealkylation sites (N-methyl/N-ethyl adjacent to an activating group) is 1. The van der Waals surface area contributed by atoms with Crippen molar-refractivity contribution in [1.82, 2.24) is 0 Å². The SMILES string of the molecule is COCC1(C)C(=O)N(C)c2cc(C(=O)OC)c(N)cc21. The normalized spacial score (nSPS) is 21.0. The molecule has 1 aromatic carbocycles. The van der Waals surface area contributed by atoms with E-state index in [0.29, 0.717) is 11.4 Å². The fraction of sp³-hybridized carbons (Fsp3) is 0.429. The van der Waals surface area contributed by atoms with Crippen molar-refractivity contribution in [2.45, 2.75) is 12.3 Å². The van der Waals surface area contributed by atoms with E-state index < -0.39 is 11.4 Å². The summed E-state index contributed by atoms with van der Waals surface area (Å²) < 4.78 is 9.85. The van der Waals surface area contributed by atoms with Crippen molar-refractivity contribution in [2.75, 3.05) is 38.5 Å². The first-order valence-electron chi connectivity index (χ1n) is 6.16. The van der Waals surface area contributed by atoms with Gasteiger partial charge in [-0.2, -0.15) is 0 Å². The molecule has 1 amide bonds. The zero-order valence-electron chi connectivity index (χ0n) is 12.0. The second-order valence-corrected chi connectivity index (χ2v) is 5.08. The van der Waals surface area contributed by atoms with Crippen molar-refractivity contribution in [1.29, 1.82) is 0 Å². The number of hydrogen-bond donors (Lipinski definition) is 1. The molecule has 1 aliphatic rings. The van der Waals surface area contributed by atoms with E-state index in [0.717, 1.165) is 5.56 Å². The van der Waals surface area contributed by atoms with Crippen LogP contribution in [0.2, 0.25) is 0 Å². The largest absolute Gasteiger partial charge is 0.465 e. The molecule has 2 rings (SSSR count). The van der Waals surface area contributed by atoms with E-state index in [2.05, 4.69) is 0 Å². The number of rotatable bonds is 3. The summed E-state index contributed by atoms with van der Waals surface area (Å²) in [6.45, 7) is 2.05. The van der Waals surface area contributed by atoms with Crippen molar-refractivity contribution in [3.63, 3.8) is 0 Å². The molecule has 1 aromatic rings. The lowest BCUT2D eigenvalue weighted by Gasteiger charge is -2.22. The van der Waals surface area contributed by atoms with Gasteiger partial charge in [0.15, 0.2) is 0 Å². The summed E-state index contributed by atoms with van der Waals surface area (Å²) in [5.41, 5.74) is 7.08. The Balaban J connectivity index is 2.63. The Morgan fingerprint density at radius 1 is 1.40 bits per heavy atom. The number of amides is 1. The number of nitrogens with zero attached hydrogens (tertiary/aromatic N) is 1. The highest BCUT2D eigenvalue weighted by Gasteiger charge is 2.46. The minimum Gasteiger partial charge on any atom is -0.465 e. The number of nitrogens with two attached hydrogens (primary N) is 1. The Labute approximate surface area is 117 Å². The Hall–Kier alpha value is -2.08. The lowest BCUT2D eigenvalue weighted by molar-refractivity contribution is -0.124. The standard InChI is InChI=1S/C14H18N2O4/c1-14(7-19-3)9-6-10(15)8(12(17)20-4)5-11(9)16(2)13(14)18/h5-6H,7,15H2,1-4H3. The zero-order valence-corrected chi connectivity index (χ0v) is 12.0. The minimum absolute atomic E-state index is 0.0873. The van der Waals surface area contributed by atoms with Crippen LogP contribution in [-0.4, -0.2) is 39.8 Å². The molecule has 6 nitrogen and oxygen atoms in total. The van der Waals surface area contributed by atoms with Gasteiger partial charge >= 0.3 is 5.97 Å². The van der Waals surface area contributed by atoms with Crippen LogP contribution in [0.1, 0.15) is 22.8 Å². The van der Waals surface area contributed by atoms with Gasteiger partial charge in [-0.15, -0.1) is 0 Å². The molecule has 1 atom stereocenters. The van der Waals surface area contributed by atoms with Crippen LogP contribution >= 0.6 is 0 Å². The minimum atomic E-state index is -0.790. The average Bonchev–Trinajstić information content (AvgIpc) is 2.60. The molecule has 108 valence electrons. The van der Waals surface area contributed by atoms with E-state index >= 15 is 0 Å². The van der Waals surface area contributed by atoms with E-state index in [9.17, 15) is 9.59 Å². The van der Waals surface area contributed by atoms with Gasteiger partial charge in [-0.25, -0.2) is 4.79 Å². The third kappa shape index (κ3) is 1.84. The summed E-state index contributed by atoms with van der Waals surface area (Å²) >= 11 is 0. The number of carbonyl (C=O) groups is 2. The molecule has 0 aliphatic carbocycles. The average molecular weight is 278 g/mol. The van der Waals surface area contributed by atoms with Gasteiger partial charge in [-0.3, -0.25) is 4.79 Å². The molecule has 0 aromatic heterocycles. The quantitative estimate of drug-likeness (QED) is 0.657. The van der Waals surface area contributed by atoms with Crippen LogP contribution in [0.15, 0.2) is 12.1 Å². The molecule has 1 aliphatic heterocycles. The highest BCUT2D eigenvalue weighted by Crippen LogP contribution is 2.43. The number of anilines is 2. The predicted molar refractivity (Wildman–Crippen MR) is 74.8 cm³/mol. The Kier molecular flexibility index (Phi) is 3.43. The highest BCUT2D eigenvalue weighted by atomic mass is 16.5. The molecular weight excluding hydrogens is 260 g/mol. The van der Waals surface area contributed by atoms with Crippen LogP contribution in [0.5, 0.6) is 0 Å². The first-order valence-corrected chi connectivity index (χ1v) is 6.16. The maximum atomic E-state index is 12.4. The number of methoxy groups -OCH3 is 2. The summed E-state index contributed by atoms with van der Waals surface area (Å²) in [6, 6.07) is 3.25. The lowest BCUT2D eigenvalue weighted by atomic mass is 9.84. The lowest BCUT2D eigenvalue weighted by Crippen LogP contribution is -2.39. The molecule has 0 fully saturated rings. The fourth-order valence-electron chi connectivity index (χ4n) is 2.63. The van der Waals surface area contributed by atoms with E-state index in [1.807, 2.05) is 0 Å². The van der Waals surface area contributed by atoms with Crippen LogP contribution in [0, 0.1) is 0 Å². The van der Waals surface area contributed by atoms with Crippen LogP contribution in [0.3, 0.4) is 0 Å². The van der Waals surface area contributed by atoms with E-state index in [1.165, 1.54) is 12.0 Å². The summed E-state index contributed by atoms with van der Waals surface area (Å²) in [5, 5.41) is 0. The van der Waals surface area contributed by atoms with Crippen LogP contribution in [0.4, 0.5) is 11.4 Å². The molecule has 6 heteroatoms. The number of fused-ring (bicyclic) bond motifs is 1. The van der Waals surface area contributed by atoms with Gasteiger partial charge in [-0.05, 0) is 24.6 Å². The zero-order chi connectivity index (χ0) is 15.1.